The van der Waals surface area contributed by atoms with Gasteiger partial charge in [-0.15, -0.1) is 0 Å². The van der Waals surface area contributed by atoms with Gasteiger partial charge in [-0.05, 0) is 86.2 Å². The van der Waals surface area contributed by atoms with Crippen molar-refractivity contribution >= 4 is 43.6 Å². The molecule has 0 amide bonds. The van der Waals surface area contributed by atoms with Gasteiger partial charge >= 0.3 is 6.18 Å². The minimum Gasteiger partial charge on any atom is -0.307 e. The second-order valence-electron chi connectivity index (χ2n) is 13.1. The number of alkyl halides is 3. The molecule has 0 unspecified atom stereocenters. The normalized spacial score (nSPS) is 12.1. The van der Waals surface area contributed by atoms with Crippen molar-refractivity contribution in [1.82, 2.24) is 9.13 Å². The van der Waals surface area contributed by atoms with E-state index in [1.807, 2.05) is 62.4 Å². The minimum absolute atomic E-state index is 0.378. The number of fused-ring (bicyclic) bond motifs is 6. The van der Waals surface area contributed by atoms with E-state index in [-0.39, 0.29) is 0 Å². The topological polar surface area (TPSA) is 33.6 Å². The number of rotatable bonds is 3. The third kappa shape index (κ3) is 4.49. The SMILES string of the molecule is Cc1cc(-c2ccc(-n3c4c(C)cccc4c4cccc(C)c43)c(C#N)c2-n2c3c(C)cccc3c3cccc(C)c32)cc(C(F)(F)F)c1. The maximum absolute atomic E-state index is 14.3. The molecule has 0 saturated heterocycles. The number of hydrogen-bond acceptors (Lipinski definition) is 1. The fraction of sp³-hybridized carbons (Fsp3) is 0.140. The van der Waals surface area contributed by atoms with Crippen LogP contribution in [0, 0.1) is 45.9 Å². The van der Waals surface area contributed by atoms with Crippen molar-refractivity contribution in [2.45, 2.75) is 40.8 Å². The Morgan fingerprint density at radius 1 is 0.551 bits per heavy atom. The molecule has 3 nitrogen and oxygen atoms in total. The highest BCUT2D eigenvalue weighted by Gasteiger charge is 2.32. The molecular weight excluding hydrogens is 615 g/mol. The predicted molar refractivity (Wildman–Crippen MR) is 194 cm³/mol. The van der Waals surface area contributed by atoms with E-state index in [1.54, 1.807) is 13.0 Å². The van der Waals surface area contributed by atoms with Crippen LogP contribution in [0.25, 0.3) is 66.1 Å². The molecule has 0 fully saturated rings. The number of hydrogen-bond donors (Lipinski definition) is 0. The summed E-state index contributed by atoms with van der Waals surface area (Å²) in [6, 6.07) is 35.2. The average Bonchev–Trinajstić information content (AvgIpc) is 3.60. The number of aromatic nitrogens is 2. The van der Waals surface area contributed by atoms with Gasteiger partial charge in [-0.1, -0.05) is 84.9 Å². The van der Waals surface area contributed by atoms with Crippen LogP contribution in [0.1, 0.15) is 38.9 Å². The molecule has 0 radical (unpaired) electrons. The lowest BCUT2D eigenvalue weighted by Gasteiger charge is -2.22. The number of aryl methyl sites for hydroxylation is 5. The van der Waals surface area contributed by atoms with Crippen LogP contribution in [-0.4, -0.2) is 9.13 Å². The molecule has 2 heterocycles. The number of nitriles is 1. The molecular formula is C43H32F3N3. The molecule has 0 saturated carbocycles. The molecule has 6 heteroatoms. The fourth-order valence-corrected chi connectivity index (χ4v) is 7.83. The van der Waals surface area contributed by atoms with Crippen LogP contribution in [0.4, 0.5) is 13.2 Å². The Bertz CT molecular complexity index is 2600. The molecule has 6 aromatic carbocycles. The zero-order valence-corrected chi connectivity index (χ0v) is 27.8. The highest BCUT2D eigenvalue weighted by molar-refractivity contribution is 6.13. The molecule has 2 aromatic heterocycles. The Kier molecular flexibility index (Phi) is 6.77. The van der Waals surface area contributed by atoms with E-state index in [9.17, 15) is 18.4 Å². The zero-order valence-electron chi connectivity index (χ0n) is 27.8. The van der Waals surface area contributed by atoms with Crippen molar-refractivity contribution in [1.29, 1.82) is 5.26 Å². The van der Waals surface area contributed by atoms with E-state index in [0.29, 0.717) is 33.6 Å². The third-order valence-electron chi connectivity index (χ3n) is 9.87. The highest BCUT2D eigenvalue weighted by Crippen LogP contribution is 2.44. The molecule has 0 spiro atoms. The largest absolute Gasteiger partial charge is 0.416 e. The van der Waals surface area contributed by atoms with Crippen molar-refractivity contribution in [3.8, 4) is 28.6 Å². The van der Waals surface area contributed by atoms with Gasteiger partial charge in [-0.3, -0.25) is 0 Å². The summed E-state index contributed by atoms with van der Waals surface area (Å²) in [6.07, 6.45) is -4.53. The van der Waals surface area contributed by atoms with Crippen LogP contribution in [0.5, 0.6) is 0 Å². The van der Waals surface area contributed by atoms with E-state index < -0.39 is 11.7 Å². The van der Waals surface area contributed by atoms with Crippen molar-refractivity contribution in [2.75, 3.05) is 0 Å². The van der Waals surface area contributed by atoms with Gasteiger partial charge in [0.2, 0.25) is 0 Å². The Morgan fingerprint density at radius 2 is 1.00 bits per heavy atom. The predicted octanol–water partition coefficient (Wildman–Crippen LogP) is 12.0. The third-order valence-corrected chi connectivity index (χ3v) is 9.87. The van der Waals surface area contributed by atoms with Crippen molar-refractivity contribution in [3.05, 3.63) is 142 Å². The molecule has 0 aliphatic rings. The van der Waals surface area contributed by atoms with Gasteiger partial charge in [-0.25, -0.2) is 0 Å². The first-order valence-electron chi connectivity index (χ1n) is 16.3. The Labute approximate surface area is 282 Å². The van der Waals surface area contributed by atoms with Gasteiger partial charge in [0.15, 0.2) is 0 Å². The van der Waals surface area contributed by atoms with Crippen LogP contribution in [-0.2, 0) is 6.18 Å². The zero-order chi connectivity index (χ0) is 34.4. The summed E-state index contributed by atoms with van der Waals surface area (Å²) in [6.45, 7) is 9.89. The first-order chi connectivity index (χ1) is 23.5. The quantitative estimate of drug-likeness (QED) is 0.188. The lowest BCUT2D eigenvalue weighted by atomic mass is 9.95. The van der Waals surface area contributed by atoms with Crippen LogP contribution in [0.3, 0.4) is 0 Å². The lowest BCUT2D eigenvalue weighted by Crippen LogP contribution is -2.09. The smallest absolute Gasteiger partial charge is 0.307 e. The van der Waals surface area contributed by atoms with E-state index in [2.05, 4.69) is 65.4 Å². The van der Waals surface area contributed by atoms with Gasteiger partial charge in [0, 0.05) is 27.1 Å². The molecule has 0 atom stereocenters. The Morgan fingerprint density at radius 3 is 1.43 bits per heavy atom. The first kappa shape index (κ1) is 30.5. The summed E-state index contributed by atoms with van der Waals surface area (Å²) in [4.78, 5) is 0. The summed E-state index contributed by atoms with van der Waals surface area (Å²) in [5.74, 6) is 0. The van der Waals surface area contributed by atoms with Gasteiger partial charge < -0.3 is 9.13 Å². The molecule has 8 aromatic rings. The van der Waals surface area contributed by atoms with Crippen LogP contribution >= 0.6 is 0 Å². The van der Waals surface area contributed by atoms with E-state index in [0.717, 1.165) is 65.9 Å². The van der Waals surface area contributed by atoms with Crippen molar-refractivity contribution < 1.29 is 13.2 Å². The van der Waals surface area contributed by atoms with Gasteiger partial charge in [0.1, 0.15) is 11.6 Å². The minimum atomic E-state index is -4.53. The molecule has 0 N–H and O–H groups in total. The van der Waals surface area contributed by atoms with Gasteiger partial charge in [-0.2, -0.15) is 18.4 Å². The molecule has 0 aliphatic heterocycles. The monoisotopic (exact) mass is 647 g/mol. The molecule has 240 valence electrons. The molecule has 8 rings (SSSR count). The standard InChI is InChI=1S/C43H32F3N3/c1-24-20-29(22-30(21-24)43(44,45)46)31-18-19-37(48-38-25(2)10-6-14-32(38)33-15-7-11-26(3)39(33)48)36(23-47)42(31)49-40-27(4)12-8-16-34(40)35-17-9-13-28(5)41(35)49/h6-22H,1-5H3. The summed E-state index contributed by atoms with van der Waals surface area (Å²) in [7, 11) is 0. The molecule has 0 bridgehead atoms. The highest BCUT2D eigenvalue weighted by atomic mass is 19.4. The van der Waals surface area contributed by atoms with Crippen LogP contribution in [0.2, 0.25) is 0 Å². The van der Waals surface area contributed by atoms with Gasteiger partial charge in [0.05, 0.1) is 39.0 Å². The number of nitrogens with zero attached hydrogens (tertiary/aromatic N) is 3. The van der Waals surface area contributed by atoms with Crippen molar-refractivity contribution in [3.63, 3.8) is 0 Å². The number of halogens is 3. The van der Waals surface area contributed by atoms with Crippen LogP contribution in [0.15, 0.2) is 103 Å². The fourth-order valence-electron chi connectivity index (χ4n) is 7.83. The second kappa shape index (κ2) is 10.9. The maximum atomic E-state index is 14.3. The summed E-state index contributed by atoms with van der Waals surface area (Å²) in [5, 5.41) is 15.5. The Balaban J connectivity index is 1.62. The number of benzene rings is 6. The molecule has 0 aliphatic carbocycles. The number of para-hydroxylation sites is 4. The van der Waals surface area contributed by atoms with E-state index in [4.69, 9.17) is 0 Å². The summed E-state index contributed by atoms with van der Waals surface area (Å²) >= 11 is 0. The van der Waals surface area contributed by atoms with Crippen LogP contribution < -0.4 is 0 Å². The lowest BCUT2D eigenvalue weighted by molar-refractivity contribution is -0.137. The van der Waals surface area contributed by atoms with E-state index in [1.165, 1.54) is 12.1 Å². The van der Waals surface area contributed by atoms with Crippen molar-refractivity contribution in [2.24, 2.45) is 0 Å². The van der Waals surface area contributed by atoms with Gasteiger partial charge in [0.25, 0.3) is 0 Å². The second-order valence-corrected chi connectivity index (χ2v) is 13.1. The maximum Gasteiger partial charge on any atom is 0.416 e. The average molecular weight is 648 g/mol. The first-order valence-corrected chi connectivity index (χ1v) is 16.3. The summed E-state index contributed by atoms with van der Waals surface area (Å²) < 4.78 is 47.1. The summed E-state index contributed by atoms with van der Waals surface area (Å²) in [5.41, 5.74) is 10.2. The molecule has 49 heavy (non-hydrogen) atoms. The Hall–Kier alpha value is -5.80. The van der Waals surface area contributed by atoms with E-state index >= 15 is 0 Å².